The molecule has 136 heavy (non-hydrogen) atoms. The Labute approximate surface area is 808 Å². The first-order chi connectivity index (χ1) is 65.9. The van der Waals surface area contributed by atoms with Gasteiger partial charge in [0.2, 0.25) is 0 Å². The van der Waals surface area contributed by atoms with E-state index >= 15 is 0 Å². The molecule has 0 radical (unpaired) electrons. The van der Waals surface area contributed by atoms with Crippen molar-refractivity contribution < 1.29 is 77.3 Å². The summed E-state index contributed by atoms with van der Waals surface area (Å²) in [6.07, 6.45) is 74.6. The number of carboxylic acid groups (broad SMARTS) is 1. The molecule has 0 bridgehead atoms. The summed E-state index contributed by atoms with van der Waals surface area (Å²) in [5.41, 5.74) is 6.62. The fraction of sp³-hybridized carbons (Fsp3) is 0.464. The summed E-state index contributed by atoms with van der Waals surface area (Å²) < 4.78 is 0. The van der Waals surface area contributed by atoms with Crippen molar-refractivity contribution in [2.45, 2.75) is 304 Å². The average molecular weight is 1860 g/mol. The number of aliphatic hydroxyl groups is 1. The number of carbonyl (C=O) groups excluding carboxylic acids is 13. The maximum absolute atomic E-state index is 11.5. The van der Waals surface area contributed by atoms with Crippen LogP contribution in [0.2, 0.25) is 0 Å². The minimum absolute atomic E-state index is 0.00736. The highest BCUT2D eigenvalue weighted by atomic mass is 16.4. The number of unbranched alkanes of at least 4 members (excludes halogenated alkanes) is 36. The normalized spacial score (nSPS) is 14.8. The van der Waals surface area contributed by atoms with Gasteiger partial charge in [-0.05, 0) is 103 Å². The van der Waals surface area contributed by atoms with E-state index in [1.54, 1.807) is 65.6 Å². The molecule has 24 heteroatoms. The van der Waals surface area contributed by atoms with Gasteiger partial charge in [0.25, 0.3) is 76.8 Å². The first kappa shape index (κ1) is 114. The van der Waals surface area contributed by atoms with Crippen molar-refractivity contribution >= 4 is 94.1 Å². The molecule has 0 fully saturated rings. The zero-order chi connectivity index (χ0) is 98.9. The molecule has 4 aromatic rings. The minimum Gasteiger partial charge on any atom is -0.478 e. The molecule has 0 aliphatic carbocycles. The number of anilines is 2. The molecule has 8 aliphatic rings. The summed E-state index contributed by atoms with van der Waals surface area (Å²) in [6, 6.07) is 32.8. The number of imide groups is 5. The van der Waals surface area contributed by atoms with Crippen molar-refractivity contribution in [2.75, 3.05) is 42.5 Å². The number of hydrogen-bond donors (Lipinski definition) is 2. The van der Waals surface area contributed by atoms with E-state index in [1.165, 1.54) is 330 Å². The lowest BCUT2D eigenvalue weighted by atomic mass is 10.1. The van der Waals surface area contributed by atoms with Gasteiger partial charge in [-0.1, -0.05) is 351 Å². The Morgan fingerprint density at radius 1 is 0.235 bits per heavy atom. The SMILES string of the molecule is C=C1C=CC(=O)N1CCc1ccccc1.C=C1C=CC(=O)N1c1ccc(C(=O)O)cc1.C=C1C=CC(=O)N1c1ccc(CO)cc1.CCCCCCCCCCCCCN1C(=O)C=CC1=O.CCCCCCCCCCCCCN1C(=O)C=CC1=O.CCCCCCCCCCCN1C(=O)C=CC1=O.CCCCCCCCCCCN1C(=O)C=CC1=O.O=C1C=CC(=O)N1Cc1ccccc1. The fourth-order valence-electron chi connectivity index (χ4n) is 15.6. The van der Waals surface area contributed by atoms with Crippen LogP contribution in [0.3, 0.4) is 0 Å². The number of carbonyl (C=O) groups is 14. The first-order valence-corrected chi connectivity index (χ1v) is 49.8. The van der Waals surface area contributed by atoms with Crippen LogP contribution in [0.4, 0.5) is 11.4 Å². The Hall–Kier alpha value is -12.4. The second-order valence-electron chi connectivity index (χ2n) is 34.7. The van der Waals surface area contributed by atoms with E-state index in [-0.39, 0.29) is 89.0 Å². The number of carboxylic acids is 1. The number of nitrogens with zero attached hydrogens (tertiary/aromatic N) is 8. The van der Waals surface area contributed by atoms with Crippen LogP contribution >= 0.6 is 0 Å². The lowest BCUT2D eigenvalue weighted by Gasteiger charge is -2.17. The van der Waals surface area contributed by atoms with E-state index in [0.29, 0.717) is 56.4 Å². The van der Waals surface area contributed by atoms with Crippen molar-refractivity contribution in [1.29, 1.82) is 0 Å². The molecule has 0 unspecified atom stereocenters. The predicted octanol–water partition coefficient (Wildman–Crippen LogP) is 22.0. The topological polar surface area (TPSA) is 305 Å². The van der Waals surface area contributed by atoms with Crippen LogP contribution in [0.15, 0.2) is 243 Å². The molecule has 0 saturated heterocycles. The van der Waals surface area contributed by atoms with Crippen LogP contribution in [-0.2, 0) is 81.9 Å². The quantitative estimate of drug-likeness (QED) is 0.0306. The number of amides is 13. The molecule has 12 rings (SSSR count). The summed E-state index contributed by atoms with van der Waals surface area (Å²) in [6.45, 7) is 23.7. The van der Waals surface area contributed by atoms with Crippen LogP contribution in [-0.4, -0.2) is 155 Å². The van der Waals surface area contributed by atoms with E-state index in [4.69, 9.17) is 10.2 Å². The van der Waals surface area contributed by atoms with E-state index in [2.05, 4.69) is 59.6 Å². The van der Waals surface area contributed by atoms with Gasteiger partial charge in [0.15, 0.2) is 0 Å². The van der Waals surface area contributed by atoms with Gasteiger partial charge < -0.3 is 15.1 Å². The van der Waals surface area contributed by atoms with Crippen LogP contribution in [0.25, 0.3) is 0 Å². The molecule has 2 N–H and O–H groups in total. The largest absolute Gasteiger partial charge is 0.478 e. The van der Waals surface area contributed by atoms with Gasteiger partial charge in [-0.2, -0.15) is 0 Å². The van der Waals surface area contributed by atoms with E-state index in [1.807, 2.05) is 48.5 Å². The number of allylic oxidation sites excluding steroid dienone is 3. The Morgan fingerprint density at radius 2 is 0.463 bits per heavy atom. The summed E-state index contributed by atoms with van der Waals surface area (Å²) in [5, 5.41) is 17.6. The number of benzene rings is 4. The Morgan fingerprint density at radius 3 is 0.706 bits per heavy atom. The number of hydrogen-bond acceptors (Lipinski definition) is 15. The molecule has 4 aromatic carbocycles. The number of rotatable bonds is 53. The van der Waals surface area contributed by atoms with Gasteiger partial charge in [0.1, 0.15) is 0 Å². The molecule has 0 aromatic heterocycles. The summed E-state index contributed by atoms with van der Waals surface area (Å²) in [7, 11) is 0. The van der Waals surface area contributed by atoms with Crippen molar-refractivity contribution in [3.63, 3.8) is 0 Å². The highest BCUT2D eigenvalue weighted by Crippen LogP contribution is 2.27. The van der Waals surface area contributed by atoms with Gasteiger partial charge in [-0.3, -0.25) is 96.6 Å². The maximum atomic E-state index is 11.5. The van der Waals surface area contributed by atoms with Crippen molar-refractivity contribution in [1.82, 2.24) is 29.4 Å². The fourth-order valence-corrected chi connectivity index (χ4v) is 15.6. The zero-order valence-corrected chi connectivity index (χ0v) is 81.4. The predicted molar refractivity (Wildman–Crippen MR) is 539 cm³/mol. The van der Waals surface area contributed by atoms with Crippen LogP contribution < -0.4 is 9.80 Å². The average Bonchev–Trinajstić information content (AvgIpc) is 1.68. The lowest BCUT2D eigenvalue weighted by molar-refractivity contribution is -0.138. The van der Waals surface area contributed by atoms with E-state index in [9.17, 15) is 67.1 Å². The smallest absolute Gasteiger partial charge is 0.335 e. The standard InChI is InChI=1S/2C17H29NO2.2C15H25NO2.C13H13NO.C12H9NO3.C12H11NO2.C11H9NO2/c2*1-2-3-4-5-6-7-8-9-10-11-12-15-18-16(19)13-14-17(18)20;2*1-2-3-4-5-6-7-8-9-10-13-16-14(17)11-12-15(16)18;1-11-7-8-13(15)14(11)10-9-12-5-3-2-4-6-12;1-8-2-7-11(14)13(8)10-5-3-9(4-6-10)12(15)16;1-9-2-7-12(15)13(9)11-5-3-10(8-14)4-6-11;13-10-6-7-11(14)12(10)8-9-4-2-1-3-5-9/h2*13-14H,2-12,15H2,1H3;2*11-12H,2-10,13H2,1H3;2-8H,1,9-10H2;2-7H,1H2,(H,15,16);2-7,14H,1,8H2;1-7H,8H2. The molecular formula is C112H150N8O16. The zero-order valence-electron chi connectivity index (χ0n) is 81.4. The maximum Gasteiger partial charge on any atom is 0.335 e. The molecule has 0 atom stereocenters. The van der Waals surface area contributed by atoms with Crippen LogP contribution in [0.1, 0.15) is 312 Å². The molecule has 734 valence electrons. The molecule has 8 aliphatic heterocycles. The molecule has 0 saturated carbocycles. The van der Waals surface area contributed by atoms with Crippen LogP contribution in [0, 0.1) is 0 Å². The third-order valence-electron chi connectivity index (χ3n) is 23.7. The van der Waals surface area contributed by atoms with E-state index < -0.39 is 5.97 Å². The molecule has 24 nitrogen and oxygen atoms in total. The molecule has 13 amide bonds. The summed E-state index contributed by atoms with van der Waals surface area (Å²) in [5.74, 6) is -2.90. The van der Waals surface area contributed by atoms with Crippen molar-refractivity contribution in [3.8, 4) is 0 Å². The van der Waals surface area contributed by atoms with E-state index in [0.717, 1.165) is 80.3 Å². The van der Waals surface area contributed by atoms with Gasteiger partial charge in [0.05, 0.1) is 18.7 Å². The molecular weight excluding hydrogens is 1710 g/mol. The highest BCUT2D eigenvalue weighted by molar-refractivity contribution is 6.16. The third kappa shape index (κ3) is 44.8. The summed E-state index contributed by atoms with van der Waals surface area (Å²) >= 11 is 0. The Kier molecular flexibility index (Phi) is 57.5. The highest BCUT2D eigenvalue weighted by Gasteiger charge is 2.28. The third-order valence-corrected chi connectivity index (χ3v) is 23.7. The molecule has 0 spiro atoms. The van der Waals surface area contributed by atoms with Crippen molar-refractivity contribution in [2.24, 2.45) is 0 Å². The van der Waals surface area contributed by atoms with Crippen LogP contribution in [0.5, 0.6) is 0 Å². The monoisotopic (exact) mass is 1860 g/mol. The van der Waals surface area contributed by atoms with Gasteiger partial charge in [-0.25, -0.2) is 4.79 Å². The Balaban J connectivity index is 0.000000275. The number of aliphatic hydroxyl groups excluding tert-OH is 1. The first-order valence-electron chi connectivity index (χ1n) is 49.8. The minimum atomic E-state index is -0.990. The second kappa shape index (κ2) is 68.5. The molecule has 8 heterocycles. The van der Waals surface area contributed by atoms with Gasteiger partial charge in [0, 0.05) is 140 Å². The van der Waals surface area contributed by atoms with Gasteiger partial charge in [-0.15, -0.1) is 0 Å². The van der Waals surface area contributed by atoms with Gasteiger partial charge >= 0.3 is 5.97 Å². The lowest BCUT2D eigenvalue weighted by Crippen LogP contribution is -2.30. The summed E-state index contributed by atoms with van der Waals surface area (Å²) in [4.78, 5) is 169. The Bertz CT molecular complexity index is 4460. The second-order valence-corrected chi connectivity index (χ2v) is 34.7. The van der Waals surface area contributed by atoms with Crippen molar-refractivity contribution in [3.05, 3.63) is 265 Å². The number of aromatic carboxylic acids is 1.